The highest BCUT2D eigenvalue weighted by atomic mass is 79.9. The Morgan fingerprint density at radius 3 is 2.67 bits per heavy atom. The number of nitrogens with zero attached hydrogens (tertiary/aromatic N) is 1. The molecule has 86 valence electrons. The van der Waals surface area contributed by atoms with Crippen LogP contribution in [-0.2, 0) is 0 Å². The van der Waals surface area contributed by atoms with Crippen molar-refractivity contribution in [2.24, 2.45) is 0 Å². The van der Waals surface area contributed by atoms with E-state index >= 15 is 0 Å². The van der Waals surface area contributed by atoms with Gasteiger partial charge in [0.25, 0.3) is 0 Å². The van der Waals surface area contributed by atoms with Crippen LogP contribution in [0.1, 0.15) is 32.1 Å². The summed E-state index contributed by atoms with van der Waals surface area (Å²) in [6, 6.07) is 1.55. The molecule has 0 amide bonds. The molecule has 3 heteroatoms. The van der Waals surface area contributed by atoms with Crippen LogP contribution in [0.3, 0.4) is 0 Å². The number of rotatable bonds is 5. The van der Waals surface area contributed by atoms with Crippen LogP contribution in [0.15, 0.2) is 11.1 Å². The topological polar surface area (TPSA) is 15.3 Å². The van der Waals surface area contributed by atoms with Crippen molar-refractivity contribution in [1.29, 1.82) is 0 Å². The molecule has 1 aliphatic carbocycles. The highest BCUT2D eigenvalue weighted by molar-refractivity contribution is 9.11. The van der Waals surface area contributed by atoms with Crippen molar-refractivity contribution in [3.8, 4) is 0 Å². The van der Waals surface area contributed by atoms with Crippen LogP contribution in [0.2, 0.25) is 0 Å². The van der Waals surface area contributed by atoms with Gasteiger partial charge in [0.1, 0.15) is 0 Å². The maximum Gasteiger partial charge on any atom is 0.0297 e. The molecule has 2 rings (SSSR count). The smallest absolute Gasteiger partial charge is 0.0297 e. The zero-order chi connectivity index (χ0) is 10.7. The van der Waals surface area contributed by atoms with E-state index in [0.717, 1.165) is 17.1 Å². The SMILES string of the molecule is C=C(Br)CN(CC1CCCCN1)C1CC1. The quantitative estimate of drug-likeness (QED) is 0.828. The first-order valence-electron chi connectivity index (χ1n) is 6.06. The Balaban J connectivity index is 1.79. The fourth-order valence-corrected chi connectivity index (χ4v) is 2.69. The first-order valence-corrected chi connectivity index (χ1v) is 6.85. The van der Waals surface area contributed by atoms with Gasteiger partial charge in [0, 0.05) is 29.7 Å². The maximum atomic E-state index is 3.95. The number of hydrogen-bond acceptors (Lipinski definition) is 2. The van der Waals surface area contributed by atoms with E-state index in [1.807, 2.05) is 0 Å². The normalized spacial score (nSPS) is 26.9. The third-order valence-electron chi connectivity index (χ3n) is 3.31. The lowest BCUT2D eigenvalue weighted by Crippen LogP contribution is -2.44. The average molecular weight is 273 g/mol. The Hall–Kier alpha value is 0.140. The Morgan fingerprint density at radius 2 is 2.13 bits per heavy atom. The Bertz CT molecular complexity index is 220. The van der Waals surface area contributed by atoms with Crippen molar-refractivity contribution in [2.45, 2.75) is 44.2 Å². The summed E-state index contributed by atoms with van der Waals surface area (Å²) in [6.45, 7) is 7.38. The minimum atomic E-state index is 0.714. The Kier molecular flexibility index (Phi) is 4.23. The largest absolute Gasteiger partial charge is 0.313 e. The fraction of sp³-hybridized carbons (Fsp3) is 0.833. The van der Waals surface area contributed by atoms with Crippen molar-refractivity contribution in [1.82, 2.24) is 10.2 Å². The van der Waals surface area contributed by atoms with Gasteiger partial charge in [-0.1, -0.05) is 28.9 Å². The Morgan fingerprint density at radius 1 is 1.33 bits per heavy atom. The molecular weight excluding hydrogens is 252 g/mol. The van der Waals surface area contributed by atoms with Crippen LogP contribution in [-0.4, -0.2) is 36.6 Å². The van der Waals surface area contributed by atoms with Crippen LogP contribution in [0, 0.1) is 0 Å². The molecule has 0 aromatic carbocycles. The second-order valence-corrected chi connectivity index (χ2v) is 5.95. The molecule has 1 heterocycles. The zero-order valence-corrected chi connectivity index (χ0v) is 10.9. The van der Waals surface area contributed by atoms with Gasteiger partial charge in [-0.2, -0.15) is 0 Å². The predicted molar refractivity (Wildman–Crippen MR) is 68.3 cm³/mol. The van der Waals surface area contributed by atoms with Gasteiger partial charge in [-0.05, 0) is 32.2 Å². The summed E-state index contributed by atoms with van der Waals surface area (Å²) in [5.74, 6) is 0. The van der Waals surface area contributed by atoms with Crippen molar-refractivity contribution in [2.75, 3.05) is 19.6 Å². The van der Waals surface area contributed by atoms with E-state index in [1.54, 1.807) is 0 Å². The number of nitrogens with one attached hydrogen (secondary N) is 1. The molecular formula is C12H21BrN2. The molecule has 2 aliphatic rings. The molecule has 1 N–H and O–H groups in total. The molecule has 0 aromatic heterocycles. The van der Waals surface area contributed by atoms with Crippen LogP contribution in [0.5, 0.6) is 0 Å². The van der Waals surface area contributed by atoms with Gasteiger partial charge in [-0.25, -0.2) is 0 Å². The van der Waals surface area contributed by atoms with Gasteiger partial charge in [-0.15, -0.1) is 0 Å². The molecule has 0 bridgehead atoms. The van der Waals surface area contributed by atoms with Gasteiger partial charge in [-0.3, -0.25) is 4.90 Å². The highest BCUT2D eigenvalue weighted by Crippen LogP contribution is 2.28. The van der Waals surface area contributed by atoms with E-state index in [0.29, 0.717) is 6.04 Å². The lowest BCUT2D eigenvalue weighted by Gasteiger charge is -2.30. The van der Waals surface area contributed by atoms with Gasteiger partial charge < -0.3 is 5.32 Å². The highest BCUT2D eigenvalue weighted by Gasteiger charge is 2.30. The summed E-state index contributed by atoms with van der Waals surface area (Å²) < 4.78 is 1.12. The average Bonchev–Trinajstić information content (AvgIpc) is 3.01. The van der Waals surface area contributed by atoms with Gasteiger partial charge in [0.15, 0.2) is 0 Å². The summed E-state index contributed by atoms with van der Waals surface area (Å²) in [5, 5.41) is 3.62. The van der Waals surface area contributed by atoms with Crippen LogP contribution in [0.25, 0.3) is 0 Å². The lowest BCUT2D eigenvalue weighted by atomic mass is 10.0. The van der Waals surface area contributed by atoms with Crippen LogP contribution >= 0.6 is 15.9 Å². The van der Waals surface area contributed by atoms with Crippen molar-refractivity contribution in [3.05, 3.63) is 11.1 Å². The first-order chi connectivity index (χ1) is 7.25. The molecule has 1 unspecified atom stereocenters. The monoisotopic (exact) mass is 272 g/mol. The molecule has 1 aliphatic heterocycles. The number of hydrogen-bond donors (Lipinski definition) is 1. The maximum absolute atomic E-state index is 3.95. The first kappa shape index (κ1) is 11.6. The third kappa shape index (κ3) is 3.89. The summed E-state index contributed by atoms with van der Waals surface area (Å²) in [6.07, 6.45) is 6.86. The standard InChI is InChI=1S/C12H21BrN2/c1-10(13)8-15(12-5-6-12)9-11-4-2-3-7-14-11/h11-12,14H,1-9H2. The molecule has 1 saturated carbocycles. The second kappa shape index (κ2) is 5.46. The van der Waals surface area contributed by atoms with Gasteiger partial charge in [0.2, 0.25) is 0 Å². The molecule has 0 aromatic rings. The summed E-state index contributed by atoms with van der Waals surface area (Å²) >= 11 is 3.48. The minimum Gasteiger partial charge on any atom is -0.313 e. The van der Waals surface area contributed by atoms with Gasteiger partial charge >= 0.3 is 0 Å². The third-order valence-corrected chi connectivity index (χ3v) is 3.56. The van der Waals surface area contributed by atoms with Crippen molar-refractivity contribution in [3.63, 3.8) is 0 Å². The molecule has 2 fully saturated rings. The molecule has 15 heavy (non-hydrogen) atoms. The van der Waals surface area contributed by atoms with Crippen molar-refractivity contribution >= 4 is 15.9 Å². The van der Waals surface area contributed by atoms with E-state index in [1.165, 1.54) is 45.2 Å². The number of halogens is 1. The summed E-state index contributed by atoms with van der Waals surface area (Å²) in [5.41, 5.74) is 0. The van der Waals surface area contributed by atoms with Crippen molar-refractivity contribution < 1.29 is 0 Å². The molecule has 1 saturated heterocycles. The van der Waals surface area contributed by atoms with Crippen LogP contribution < -0.4 is 5.32 Å². The summed E-state index contributed by atoms with van der Waals surface area (Å²) in [4.78, 5) is 2.58. The number of piperidine rings is 1. The van der Waals surface area contributed by atoms with E-state index in [-0.39, 0.29) is 0 Å². The lowest BCUT2D eigenvalue weighted by molar-refractivity contribution is 0.234. The zero-order valence-electron chi connectivity index (χ0n) is 9.34. The van der Waals surface area contributed by atoms with E-state index in [2.05, 4.69) is 32.7 Å². The minimum absolute atomic E-state index is 0.714. The second-order valence-electron chi connectivity index (χ2n) is 4.82. The molecule has 2 nitrogen and oxygen atoms in total. The molecule has 1 atom stereocenters. The molecule has 0 spiro atoms. The molecule has 0 radical (unpaired) electrons. The van der Waals surface area contributed by atoms with Gasteiger partial charge in [0.05, 0.1) is 0 Å². The predicted octanol–water partition coefficient (Wildman–Crippen LogP) is 2.50. The summed E-state index contributed by atoms with van der Waals surface area (Å²) in [7, 11) is 0. The van der Waals surface area contributed by atoms with Crippen LogP contribution in [0.4, 0.5) is 0 Å². The Labute approximate surface area is 101 Å². The van der Waals surface area contributed by atoms with E-state index < -0.39 is 0 Å². The van der Waals surface area contributed by atoms with E-state index in [9.17, 15) is 0 Å². The van der Waals surface area contributed by atoms with E-state index in [4.69, 9.17) is 0 Å². The fourth-order valence-electron chi connectivity index (χ4n) is 2.37.